The van der Waals surface area contributed by atoms with Crippen LogP contribution in [0.1, 0.15) is 12.8 Å². The van der Waals surface area contributed by atoms with Gasteiger partial charge in [-0.2, -0.15) is 0 Å². The van der Waals surface area contributed by atoms with Crippen LogP contribution in [0.5, 0.6) is 0 Å². The number of hydrogen-bond donors (Lipinski definition) is 0. The lowest BCUT2D eigenvalue weighted by Crippen LogP contribution is -2.34. The van der Waals surface area contributed by atoms with Crippen molar-refractivity contribution >= 4 is 17.5 Å². The van der Waals surface area contributed by atoms with E-state index in [0.717, 1.165) is 17.7 Å². The minimum absolute atomic E-state index is 0.134. The zero-order chi connectivity index (χ0) is 13.1. The topological polar surface area (TPSA) is 46.6 Å². The van der Waals surface area contributed by atoms with E-state index in [4.69, 9.17) is 4.74 Å². The number of fused-ring (bicyclic) bond motifs is 5. The summed E-state index contributed by atoms with van der Waals surface area (Å²) in [5.74, 6) is -1.67. The largest absolute Gasteiger partial charge is 0.373 e. The number of rotatable bonds is 1. The number of carbonyl (C=O) groups is 2. The third-order valence-corrected chi connectivity index (χ3v) is 4.35. The molecule has 2 amide bonds. The Morgan fingerprint density at radius 1 is 1.11 bits per heavy atom. The van der Waals surface area contributed by atoms with Gasteiger partial charge >= 0.3 is 0 Å². The van der Waals surface area contributed by atoms with Crippen LogP contribution in [0.15, 0.2) is 24.3 Å². The second kappa shape index (κ2) is 3.63. The molecule has 0 saturated carbocycles. The molecule has 0 spiro atoms. The fourth-order valence-electron chi connectivity index (χ4n) is 3.58. The van der Waals surface area contributed by atoms with Crippen LogP contribution in [0.4, 0.5) is 10.1 Å². The summed E-state index contributed by atoms with van der Waals surface area (Å²) in [5, 5.41) is 0. The monoisotopic (exact) mass is 261 g/mol. The van der Waals surface area contributed by atoms with Gasteiger partial charge in [-0.3, -0.25) is 9.59 Å². The Hall–Kier alpha value is -1.75. The van der Waals surface area contributed by atoms with Gasteiger partial charge < -0.3 is 4.74 Å². The first-order valence-corrected chi connectivity index (χ1v) is 6.45. The Bertz CT molecular complexity index is 560. The predicted octanol–water partition coefficient (Wildman–Crippen LogP) is 1.49. The van der Waals surface area contributed by atoms with Gasteiger partial charge in [-0.05, 0) is 31.0 Å². The molecule has 3 aliphatic heterocycles. The maximum atomic E-state index is 13.3. The molecule has 2 bridgehead atoms. The highest BCUT2D eigenvalue weighted by molar-refractivity contribution is 6.22. The van der Waals surface area contributed by atoms with Crippen molar-refractivity contribution in [3.63, 3.8) is 0 Å². The van der Waals surface area contributed by atoms with Crippen molar-refractivity contribution in [1.82, 2.24) is 0 Å². The first-order chi connectivity index (χ1) is 9.16. The second-order valence-electron chi connectivity index (χ2n) is 5.33. The van der Waals surface area contributed by atoms with E-state index in [9.17, 15) is 14.0 Å². The molecule has 0 radical (unpaired) electrons. The van der Waals surface area contributed by atoms with Crippen LogP contribution in [0.25, 0.3) is 0 Å². The van der Waals surface area contributed by atoms with Crippen LogP contribution in [-0.4, -0.2) is 24.0 Å². The molecule has 1 aromatic rings. The van der Waals surface area contributed by atoms with Crippen molar-refractivity contribution in [3.05, 3.63) is 30.1 Å². The van der Waals surface area contributed by atoms with Crippen LogP contribution >= 0.6 is 0 Å². The van der Waals surface area contributed by atoms with Gasteiger partial charge in [-0.25, -0.2) is 9.29 Å². The number of hydrogen-bond acceptors (Lipinski definition) is 3. The Balaban J connectivity index is 1.75. The number of halogens is 1. The summed E-state index contributed by atoms with van der Waals surface area (Å²) in [6.07, 6.45) is 1.40. The summed E-state index contributed by atoms with van der Waals surface area (Å²) in [5.41, 5.74) is 0.323. The number of ether oxygens (including phenoxy) is 1. The molecule has 4 rings (SSSR count). The molecule has 3 heterocycles. The zero-order valence-corrected chi connectivity index (χ0v) is 10.1. The standard InChI is InChI=1S/C14H12FNO3/c15-7-2-1-3-8(6-7)16-13(17)11-9-4-5-10(19-9)12(11)14(16)18/h1-3,6,9-12H,4-5H2/t9-,10-,11-,12+/m1/s1. The van der Waals surface area contributed by atoms with Crippen molar-refractivity contribution in [2.24, 2.45) is 11.8 Å². The predicted molar refractivity (Wildman–Crippen MR) is 63.8 cm³/mol. The van der Waals surface area contributed by atoms with Crippen molar-refractivity contribution in [2.45, 2.75) is 25.0 Å². The van der Waals surface area contributed by atoms with Gasteiger partial charge in [0.25, 0.3) is 0 Å². The Morgan fingerprint density at radius 2 is 1.74 bits per heavy atom. The van der Waals surface area contributed by atoms with E-state index in [2.05, 4.69) is 0 Å². The van der Waals surface area contributed by atoms with Gasteiger partial charge in [0.1, 0.15) is 5.82 Å². The van der Waals surface area contributed by atoms with Gasteiger partial charge in [-0.15, -0.1) is 0 Å². The lowest BCUT2D eigenvalue weighted by atomic mass is 9.81. The molecule has 3 fully saturated rings. The maximum Gasteiger partial charge on any atom is 0.240 e. The van der Waals surface area contributed by atoms with Crippen molar-refractivity contribution in [3.8, 4) is 0 Å². The van der Waals surface area contributed by atoms with E-state index >= 15 is 0 Å². The quantitative estimate of drug-likeness (QED) is 0.720. The van der Waals surface area contributed by atoms with Crippen molar-refractivity contribution < 1.29 is 18.7 Å². The number of anilines is 1. The molecule has 3 saturated heterocycles. The third-order valence-electron chi connectivity index (χ3n) is 4.35. The number of benzene rings is 1. The van der Waals surface area contributed by atoms with Gasteiger partial charge in [0.2, 0.25) is 11.8 Å². The molecule has 1 aromatic carbocycles. The Labute approximate surface area is 109 Å². The van der Waals surface area contributed by atoms with Crippen LogP contribution in [0.2, 0.25) is 0 Å². The lowest BCUT2D eigenvalue weighted by molar-refractivity contribution is -0.124. The van der Waals surface area contributed by atoms with Gasteiger partial charge in [0.05, 0.1) is 29.7 Å². The van der Waals surface area contributed by atoms with Crippen LogP contribution in [-0.2, 0) is 14.3 Å². The zero-order valence-electron chi connectivity index (χ0n) is 10.1. The van der Waals surface area contributed by atoms with E-state index in [1.54, 1.807) is 6.07 Å². The normalized spacial score (nSPS) is 36.2. The number of carbonyl (C=O) groups excluding carboxylic acids is 2. The molecular weight excluding hydrogens is 249 g/mol. The minimum atomic E-state index is -0.450. The number of amides is 2. The number of imide groups is 1. The molecule has 0 unspecified atom stereocenters. The molecule has 0 aliphatic carbocycles. The first-order valence-electron chi connectivity index (χ1n) is 6.45. The summed E-state index contributed by atoms with van der Waals surface area (Å²) in [7, 11) is 0. The molecule has 4 atom stereocenters. The molecule has 5 heteroatoms. The van der Waals surface area contributed by atoms with Gasteiger partial charge in [0.15, 0.2) is 0 Å². The highest BCUT2D eigenvalue weighted by Crippen LogP contribution is 2.49. The fourth-order valence-corrected chi connectivity index (χ4v) is 3.58. The Kier molecular flexibility index (Phi) is 2.12. The van der Waals surface area contributed by atoms with Crippen LogP contribution in [0.3, 0.4) is 0 Å². The average molecular weight is 261 g/mol. The van der Waals surface area contributed by atoms with E-state index in [-0.39, 0.29) is 35.9 Å². The van der Waals surface area contributed by atoms with Crippen LogP contribution in [0, 0.1) is 17.7 Å². The number of nitrogens with zero attached hydrogens (tertiary/aromatic N) is 1. The van der Waals surface area contributed by atoms with E-state index in [1.807, 2.05) is 0 Å². The highest BCUT2D eigenvalue weighted by Gasteiger charge is 2.62. The van der Waals surface area contributed by atoms with E-state index < -0.39 is 5.82 Å². The fraction of sp³-hybridized carbons (Fsp3) is 0.429. The molecule has 98 valence electrons. The molecule has 0 N–H and O–H groups in total. The summed E-state index contributed by atoms with van der Waals surface area (Å²) < 4.78 is 18.9. The third kappa shape index (κ3) is 1.36. The molecule has 3 aliphatic rings. The molecule has 0 aromatic heterocycles. The SMILES string of the molecule is O=C1[C@@H]2[C@H](C(=O)N1c1cccc(F)c1)[C@H]1CC[C@H]2O1. The summed E-state index contributed by atoms with van der Waals surface area (Å²) in [6.45, 7) is 0. The maximum absolute atomic E-state index is 13.3. The summed E-state index contributed by atoms with van der Waals surface area (Å²) in [6, 6.07) is 5.61. The summed E-state index contributed by atoms with van der Waals surface area (Å²) >= 11 is 0. The molecule has 19 heavy (non-hydrogen) atoms. The second-order valence-corrected chi connectivity index (χ2v) is 5.33. The average Bonchev–Trinajstić information content (AvgIpc) is 3.04. The first kappa shape index (κ1) is 11.1. The van der Waals surface area contributed by atoms with Gasteiger partial charge in [-0.1, -0.05) is 6.07 Å². The van der Waals surface area contributed by atoms with E-state index in [1.165, 1.54) is 18.2 Å². The van der Waals surface area contributed by atoms with Gasteiger partial charge in [0, 0.05) is 0 Å². The summed E-state index contributed by atoms with van der Waals surface area (Å²) in [4.78, 5) is 25.9. The molecular formula is C14H12FNO3. The van der Waals surface area contributed by atoms with Crippen molar-refractivity contribution in [1.29, 1.82) is 0 Å². The smallest absolute Gasteiger partial charge is 0.240 e. The highest BCUT2D eigenvalue weighted by atomic mass is 19.1. The molecule has 4 nitrogen and oxygen atoms in total. The minimum Gasteiger partial charge on any atom is -0.373 e. The lowest BCUT2D eigenvalue weighted by Gasteiger charge is -2.17. The Morgan fingerprint density at radius 3 is 2.32 bits per heavy atom. The van der Waals surface area contributed by atoms with E-state index in [0.29, 0.717) is 5.69 Å². The van der Waals surface area contributed by atoms with Crippen molar-refractivity contribution in [2.75, 3.05) is 4.90 Å². The van der Waals surface area contributed by atoms with Crippen LogP contribution < -0.4 is 4.90 Å².